The SMILES string of the molecule is O=C(O)Cc1ccccc1CNC(=O)N1CCNCC1. The summed E-state index contributed by atoms with van der Waals surface area (Å²) in [6, 6.07) is 7.17. The largest absolute Gasteiger partial charge is 0.481 e. The van der Waals surface area contributed by atoms with Gasteiger partial charge in [-0.05, 0) is 11.1 Å². The number of benzene rings is 1. The molecule has 0 aromatic heterocycles. The highest BCUT2D eigenvalue weighted by atomic mass is 16.4. The Hall–Kier alpha value is -2.08. The number of carbonyl (C=O) groups excluding carboxylic acids is 1. The molecule has 6 nitrogen and oxygen atoms in total. The Morgan fingerprint density at radius 3 is 2.50 bits per heavy atom. The second kappa shape index (κ2) is 6.91. The van der Waals surface area contributed by atoms with E-state index in [4.69, 9.17) is 5.11 Å². The summed E-state index contributed by atoms with van der Waals surface area (Å²) in [5.74, 6) is -0.870. The molecule has 1 aliphatic heterocycles. The lowest BCUT2D eigenvalue weighted by atomic mass is 10.0. The molecule has 0 atom stereocenters. The van der Waals surface area contributed by atoms with Crippen LogP contribution in [-0.4, -0.2) is 48.2 Å². The number of aliphatic carboxylic acids is 1. The Morgan fingerprint density at radius 1 is 1.20 bits per heavy atom. The van der Waals surface area contributed by atoms with E-state index in [-0.39, 0.29) is 12.5 Å². The average Bonchev–Trinajstić information content (AvgIpc) is 2.46. The van der Waals surface area contributed by atoms with Crippen molar-refractivity contribution in [1.29, 1.82) is 0 Å². The van der Waals surface area contributed by atoms with Crippen LogP contribution in [0.2, 0.25) is 0 Å². The van der Waals surface area contributed by atoms with Gasteiger partial charge in [-0.15, -0.1) is 0 Å². The van der Waals surface area contributed by atoms with Crippen molar-refractivity contribution in [2.75, 3.05) is 26.2 Å². The molecule has 0 saturated carbocycles. The van der Waals surface area contributed by atoms with Crippen molar-refractivity contribution in [3.8, 4) is 0 Å². The maximum absolute atomic E-state index is 12.0. The van der Waals surface area contributed by atoms with Crippen molar-refractivity contribution < 1.29 is 14.7 Å². The van der Waals surface area contributed by atoms with Crippen molar-refractivity contribution in [3.63, 3.8) is 0 Å². The standard InChI is InChI=1S/C14H19N3O3/c18-13(19)9-11-3-1-2-4-12(11)10-16-14(20)17-7-5-15-6-8-17/h1-4,15H,5-10H2,(H,16,20)(H,18,19). The monoisotopic (exact) mass is 277 g/mol. The predicted octanol–water partition coefficient (Wildman–Crippen LogP) is 0.429. The molecule has 108 valence electrons. The molecular formula is C14H19N3O3. The number of carboxylic acid groups (broad SMARTS) is 1. The van der Waals surface area contributed by atoms with Gasteiger partial charge in [0.2, 0.25) is 0 Å². The normalized spacial score (nSPS) is 14.9. The summed E-state index contributed by atoms with van der Waals surface area (Å²) in [6.45, 7) is 3.36. The van der Waals surface area contributed by atoms with Gasteiger partial charge in [-0.1, -0.05) is 24.3 Å². The molecule has 20 heavy (non-hydrogen) atoms. The number of amides is 2. The summed E-state index contributed by atoms with van der Waals surface area (Å²) in [6.07, 6.45) is -0.0281. The maximum atomic E-state index is 12.0. The van der Waals surface area contributed by atoms with Crippen molar-refractivity contribution in [1.82, 2.24) is 15.5 Å². The third kappa shape index (κ3) is 3.96. The molecule has 1 aromatic carbocycles. The molecule has 2 rings (SSSR count). The highest BCUT2D eigenvalue weighted by Crippen LogP contribution is 2.09. The van der Waals surface area contributed by atoms with Gasteiger partial charge < -0.3 is 20.6 Å². The average molecular weight is 277 g/mol. The first-order chi connectivity index (χ1) is 9.66. The predicted molar refractivity (Wildman–Crippen MR) is 74.5 cm³/mol. The number of carbonyl (C=O) groups is 2. The molecular weight excluding hydrogens is 258 g/mol. The van der Waals surface area contributed by atoms with Crippen LogP contribution in [0.3, 0.4) is 0 Å². The van der Waals surface area contributed by atoms with E-state index in [1.165, 1.54) is 0 Å². The molecule has 0 bridgehead atoms. The molecule has 0 aliphatic carbocycles. The fourth-order valence-corrected chi connectivity index (χ4v) is 2.22. The van der Waals surface area contributed by atoms with Gasteiger partial charge in [0, 0.05) is 32.7 Å². The van der Waals surface area contributed by atoms with Gasteiger partial charge in [0.05, 0.1) is 6.42 Å². The first-order valence-electron chi connectivity index (χ1n) is 6.69. The van der Waals surface area contributed by atoms with Crippen LogP contribution in [-0.2, 0) is 17.8 Å². The summed E-state index contributed by atoms with van der Waals surface area (Å²) in [5, 5.41) is 14.9. The number of piperazine rings is 1. The van der Waals surface area contributed by atoms with Gasteiger partial charge in [0.1, 0.15) is 0 Å². The lowest BCUT2D eigenvalue weighted by Crippen LogP contribution is -2.50. The van der Waals surface area contributed by atoms with Crippen molar-refractivity contribution in [3.05, 3.63) is 35.4 Å². The first kappa shape index (κ1) is 14.3. The summed E-state index contributed by atoms with van der Waals surface area (Å²) in [5.41, 5.74) is 1.58. The summed E-state index contributed by atoms with van der Waals surface area (Å²) < 4.78 is 0. The Kier molecular flexibility index (Phi) is 4.95. The summed E-state index contributed by atoms with van der Waals surface area (Å²) in [7, 11) is 0. The van der Waals surface area contributed by atoms with Crippen LogP contribution >= 0.6 is 0 Å². The van der Waals surface area contributed by atoms with Crippen LogP contribution in [0.25, 0.3) is 0 Å². The van der Waals surface area contributed by atoms with Gasteiger partial charge in [-0.25, -0.2) is 4.79 Å². The molecule has 2 amide bonds. The Bertz CT molecular complexity index is 484. The van der Waals surface area contributed by atoms with E-state index in [0.717, 1.165) is 24.2 Å². The fourth-order valence-electron chi connectivity index (χ4n) is 2.22. The van der Waals surface area contributed by atoms with Crippen LogP contribution in [0.1, 0.15) is 11.1 Å². The number of nitrogens with zero attached hydrogens (tertiary/aromatic N) is 1. The number of urea groups is 1. The molecule has 0 radical (unpaired) electrons. The lowest BCUT2D eigenvalue weighted by Gasteiger charge is -2.27. The van der Waals surface area contributed by atoms with Crippen LogP contribution < -0.4 is 10.6 Å². The summed E-state index contributed by atoms with van der Waals surface area (Å²) in [4.78, 5) is 24.5. The minimum Gasteiger partial charge on any atom is -0.481 e. The molecule has 6 heteroatoms. The minimum atomic E-state index is -0.870. The topological polar surface area (TPSA) is 81.7 Å². The van der Waals surface area contributed by atoms with Crippen molar-refractivity contribution in [2.24, 2.45) is 0 Å². The third-order valence-corrected chi connectivity index (χ3v) is 3.29. The number of carboxylic acids is 1. The van der Waals surface area contributed by atoms with E-state index >= 15 is 0 Å². The van der Waals surface area contributed by atoms with E-state index in [2.05, 4.69) is 10.6 Å². The van der Waals surface area contributed by atoms with E-state index in [0.29, 0.717) is 19.6 Å². The quantitative estimate of drug-likeness (QED) is 0.745. The van der Waals surface area contributed by atoms with Gasteiger partial charge in [-0.3, -0.25) is 4.79 Å². The number of nitrogens with one attached hydrogen (secondary N) is 2. The first-order valence-corrected chi connectivity index (χ1v) is 6.69. The van der Waals surface area contributed by atoms with E-state index in [1.807, 2.05) is 12.1 Å². The minimum absolute atomic E-state index is 0.0281. The van der Waals surface area contributed by atoms with Crippen LogP contribution in [0, 0.1) is 0 Å². The smallest absolute Gasteiger partial charge is 0.317 e. The summed E-state index contributed by atoms with van der Waals surface area (Å²) >= 11 is 0. The van der Waals surface area contributed by atoms with E-state index < -0.39 is 5.97 Å². The lowest BCUT2D eigenvalue weighted by molar-refractivity contribution is -0.136. The highest BCUT2D eigenvalue weighted by molar-refractivity contribution is 5.74. The van der Waals surface area contributed by atoms with Crippen LogP contribution in [0.4, 0.5) is 4.79 Å². The molecule has 1 aliphatic rings. The number of rotatable bonds is 4. The zero-order chi connectivity index (χ0) is 14.4. The Balaban J connectivity index is 1.92. The zero-order valence-corrected chi connectivity index (χ0v) is 11.3. The number of hydrogen-bond donors (Lipinski definition) is 3. The van der Waals surface area contributed by atoms with E-state index in [1.54, 1.807) is 17.0 Å². The highest BCUT2D eigenvalue weighted by Gasteiger charge is 2.16. The van der Waals surface area contributed by atoms with Gasteiger partial charge in [0.25, 0.3) is 0 Å². The van der Waals surface area contributed by atoms with Crippen LogP contribution in [0.5, 0.6) is 0 Å². The van der Waals surface area contributed by atoms with E-state index in [9.17, 15) is 9.59 Å². The second-order valence-electron chi connectivity index (χ2n) is 4.73. The zero-order valence-electron chi connectivity index (χ0n) is 11.3. The third-order valence-electron chi connectivity index (χ3n) is 3.29. The molecule has 1 heterocycles. The maximum Gasteiger partial charge on any atom is 0.317 e. The Labute approximate surface area is 117 Å². The van der Waals surface area contributed by atoms with Gasteiger partial charge in [-0.2, -0.15) is 0 Å². The second-order valence-corrected chi connectivity index (χ2v) is 4.73. The van der Waals surface area contributed by atoms with Crippen molar-refractivity contribution >= 4 is 12.0 Å². The molecule has 0 unspecified atom stereocenters. The Morgan fingerprint density at radius 2 is 1.85 bits per heavy atom. The molecule has 1 saturated heterocycles. The molecule has 3 N–H and O–H groups in total. The van der Waals surface area contributed by atoms with Gasteiger partial charge >= 0.3 is 12.0 Å². The molecule has 0 spiro atoms. The van der Waals surface area contributed by atoms with Crippen LogP contribution in [0.15, 0.2) is 24.3 Å². The number of hydrogen-bond acceptors (Lipinski definition) is 3. The molecule has 1 aromatic rings. The van der Waals surface area contributed by atoms with Gasteiger partial charge in [0.15, 0.2) is 0 Å². The van der Waals surface area contributed by atoms with Crippen molar-refractivity contribution in [2.45, 2.75) is 13.0 Å². The molecule has 1 fully saturated rings. The fraction of sp³-hybridized carbons (Fsp3) is 0.429.